The third-order valence-corrected chi connectivity index (χ3v) is 2.54. The fourth-order valence-electron chi connectivity index (χ4n) is 1.36. The van der Waals surface area contributed by atoms with Crippen LogP contribution < -0.4 is 0 Å². The van der Waals surface area contributed by atoms with Crippen LogP contribution in [0.15, 0.2) is 30.8 Å². The highest BCUT2D eigenvalue weighted by atomic mass is 28.2. The lowest BCUT2D eigenvalue weighted by Crippen LogP contribution is -1.97. The molecule has 0 amide bonds. The van der Waals surface area contributed by atoms with Crippen molar-refractivity contribution < 1.29 is 4.80 Å². The van der Waals surface area contributed by atoms with E-state index in [0.717, 1.165) is 23.6 Å². The summed E-state index contributed by atoms with van der Waals surface area (Å²) in [5, 5.41) is 0.837. The quantitative estimate of drug-likeness (QED) is 0.722. The molecule has 1 aromatic carbocycles. The summed E-state index contributed by atoms with van der Waals surface area (Å²) >= 11 is 0. The summed E-state index contributed by atoms with van der Waals surface area (Å²) in [4.78, 5) is 9.01. The molecule has 0 fully saturated rings. The predicted octanol–water partition coefficient (Wildman–Crippen LogP) is 2.22. The van der Waals surface area contributed by atoms with Gasteiger partial charge in [-0.25, -0.2) is 0 Å². The lowest BCUT2D eigenvalue weighted by molar-refractivity contribution is 0.616. The van der Waals surface area contributed by atoms with E-state index in [1.165, 1.54) is 5.56 Å². The summed E-state index contributed by atoms with van der Waals surface area (Å²) in [5.41, 5.74) is 2.40. The molecule has 1 nitrogen and oxygen atoms in total. The molecular formula is C11H14OSi. The van der Waals surface area contributed by atoms with Crippen molar-refractivity contribution >= 4 is 15.0 Å². The highest BCUT2D eigenvalue weighted by Crippen LogP contribution is 2.17. The van der Waals surface area contributed by atoms with Gasteiger partial charge in [0.1, 0.15) is 0 Å². The van der Waals surface area contributed by atoms with Crippen LogP contribution in [0.4, 0.5) is 0 Å². The van der Waals surface area contributed by atoms with Gasteiger partial charge in [0.05, 0.1) is 0 Å². The van der Waals surface area contributed by atoms with Crippen LogP contribution in [0.5, 0.6) is 0 Å². The zero-order valence-corrected chi connectivity index (χ0v) is 8.88. The van der Waals surface area contributed by atoms with Gasteiger partial charge in [0.15, 0.2) is 0 Å². The second kappa shape index (κ2) is 4.99. The van der Waals surface area contributed by atoms with Gasteiger partial charge in [-0.1, -0.05) is 44.2 Å². The molecule has 2 radical (unpaired) electrons. The van der Waals surface area contributed by atoms with Gasteiger partial charge < -0.3 is 4.80 Å². The molecule has 0 aliphatic carbocycles. The normalized spacial score (nSPS) is 10.0. The predicted molar refractivity (Wildman–Crippen MR) is 57.4 cm³/mol. The Morgan fingerprint density at radius 2 is 2.15 bits per heavy atom. The standard InChI is InChI=1S/C11H14OSi/c1-3-6-10-7-4-5-8-11(10)9(2)13-12/h4-5,7-8,12H,2-3,6H2,1H3. The lowest BCUT2D eigenvalue weighted by atomic mass is 10.0. The highest BCUT2D eigenvalue weighted by Gasteiger charge is 2.04. The van der Waals surface area contributed by atoms with E-state index in [1.807, 2.05) is 18.2 Å². The average molecular weight is 190 g/mol. The summed E-state index contributed by atoms with van der Waals surface area (Å²) < 4.78 is 0. The first-order valence-corrected chi connectivity index (χ1v) is 5.41. The van der Waals surface area contributed by atoms with Crippen molar-refractivity contribution in [1.82, 2.24) is 0 Å². The number of aryl methyl sites for hydroxylation is 1. The molecule has 0 atom stereocenters. The van der Waals surface area contributed by atoms with Crippen LogP contribution in [-0.2, 0) is 6.42 Å². The summed E-state index contributed by atoms with van der Waals surface area (Å²) in [6.45, 7) is 6.00. The first-order valence-electron chi connectivity index (χ1n) is 4.47. The van der Waals surface area contributed by atoms with E-state index >= 15 is 0 Å². The molecule has 0 aliphatic rings. The molecule has 13 heavy (non-hydrogen) atoms. The molecule has 0 heterocycles. The first-order chi connectivity index (χ1) is 6.29. The Morgan fingerprint density at radius 3 is 2.77 bits per heavy atom. The van der Waals surface area contributed by atoms with Crippen molar-refractivity contribution in [3.8, 4) is 0 Å². The maximum atomic E-state index is 9.01. The molecule has 0 unspecified atom stereocenters. The summed E-state index contributed by atoms with van der Waals surface area (Å²) in [6, 6.07) is 8.14. The Bertz CT molecular complexity index is 294. The molecule has 1 N–H and O–H groups in total. The largest absolute Gasteiger partial charge is 0.428 e. The van der Waals surface area contributed by atoms with Crippen molar-refractivity contribution in [1.29, 1.82) is 0 Å². The van der Waals surface area contributed by atoms with Gasteiger partial charge in [-0.15, -0.1) is 0 Å². The van der Waals surface area contributed by atoms with Crippen molar-refractivity contribution in [3.63, 3.8) is 0 Å². The summed E-state index contributed by atoms with van der Waals surface area (Å²) in [7, 11) is -0.185. The van der Waals surface area contributed by atoms with E-state index < -0.39 is 0 Å². The minimum absolute atomic E-state index is 0.185. The molecule has 0 aromatic heterocycles. The molecule has 68 valence electrons. The molecule has 0 spiro atoms. The van der Waals surface area contributed by atoms with Crippen LogP contribution in [-0.4, -0.2) is 14.6 Å². The number of rotatable bonds is 4. The Morgan fingerprint density at radius 1 is 1.46 bits per heavy atom. The number of hydrogen-bond acceptors (Lipinski definition) is 1. The maximum absolute atomic E-state index is 9.01. The lowest BCUT2D eigenvalue weighted by Gasteiger charge is -2.07. The molecule has 1 aromatic rings. The van der Waals surface area contributed by atoms with Crippen LogP contribution in [0.3, 0.4) is 0 Å². The topological polar surface area (TPSA) is 20.2 Å². The van der Waals surface area contributed by atoms with Crippen molar-refractivity contribution in [2.45, 2.75) is 19.8 Å². The van der Waals surface area contributed by atoms with Crippen molar-refractivity contribution in [3.05, 3.63) is 42.0 Å². The Hall–Kier alpha value is -0.863. The van der Waals surface area contributed by atoms with E-state index in [2.05, 4.69) is 19.6 Å². The Balaban J connectivity index is 2.97. The second-order valence-corrected chi connectivity index (χ2v) is 3.82. The van der Waals surface area contributed by atoms with Crippen molar-refractivity contribution in [2.24, 2.45) is 0 Å². The van der Waals surface area contributed by atoms with Gasteiger partial charge in [-0.3, -0.25) is 0 Å². The van der Waals surface area contributed by atoms with Crippen LogP contribution in [0, 0.1) is 0 Å². The minimum atomic E-state index is -0.185. The monoisotopic (exact) mass is 190 g/mol. The third-order valence-electron chi connectivity index (χ3n) is 2.00. The van der Waals surface area contributed by atoms with Gasteiger partial charge in [-0.2, -0.15) is 0 Å². The molecule has 0 saturated heterocycles. The van der Waals surface area contributed by atoms with Gasteiger partial charge in [0, 0.05) is 0 Å². The zero-order chi connectivity index (χ0) is 9.68. The molecular weight excluding hydrogens is 176 g/mol. The molecule has 2 heteroatoms. The molecule has 0 saturated carbocycles. The molecule has 0 bridgehead atoms. The summed E-state index contributed by atoms with van der Waals surface area (Å²) in [6.07, 6.45) is 2.18. The fraction of sp³-hybridized carbons (Fsp3) is 0.273. The van der Waals surface area contributed by atoms with Gasteiger partial charge in [0.2, 0.25) is 0 Å². The highest BCUT2D eigenvalue weighted by molar-refractivity contribution is 6.53. The summed E-state index contributed by atoms with van der Waals surface area (Å²) in [5.74, 6) is 0. The number of hydrogen-bond donors (Lipinski definition) is 1. The maximum Gasteiger partial charge on any atom is 0.265 e. The van der Waals surface area contributed by atoms with Crippen molar-refractivity contribution in [2.75, 3.05) is 0 Å². The Kier molecular flexibility index (Phi) is 3.93. The van der Waals surface area contributed by atoms with Crippen LogP contribution in [0.1, 0.15) is 24.5 Å². The van der Waals surface area contributed by atoms with E-state index in [4.69, 9.17) is 4.80 Å². The smallest absolute Gasteiger partial charge is 0.265 e. The number of benzene rings is 1. The van der Waals surface area contributed by atoms with Crippen LogP contribution in [0.25, 0.3) is 5.20 Å². The SMILES string of the molecule is C=C([Si]O)c1ccccc1CCC. The Labute approximate surface area is 82.1 Å². The van der Waals surface area contributed by atoms with Gasteiger partial charge >= 0.3 is 0 Å². The van der Waals surface area contributed by atoms with E-state index in [1.54, 1.807) is 0 Å². The first kappa shape index (κ1) is 10.2. The second-order valence-electron chi connectivity index (χ2n) is 3.00. The molecule has 0 aliphatic heterocycles. The van der Waals surface area contributed by atoms with E-state index in [0.29, 0.717) is 0 Å². The van der Waals surface area contributed by atoms with Gasteiger partial charge in [0.25, 0.3) is 9.76 Å². The average Bonchev–Trinajstić information content (AvgIpc) is 2.18. The van der Waals surface area contributed by atoms with E-state index in [-0.39, 0.29) is 9.76 Å². The van der Waals surface area contributed by atoms with Crippen LogP contribution in [0.2, 0.25) is 0 Å². The third kappa shape index (κ3) is 2.54. The zero-order valence-electron chi connectivity index (χ0n) is 7.88. The van der Waals surface area contributed by atoms with Gasteiger partial charge in [-0.05, 0) is 22.7 Å². The molecule has 1 rings (SSSR count). The fourth-order valence-corrected chi connectivity index (χ4v) is 1.73. The van der Waals surface area contributed by atoms with Crippen LogP contribution >= 0.6 is 0 Å². The minimum Gasteiger partial charge on any atom is -0.428 e. The van der Waals surface area contributed by atoms with E-state index in [9.17, 15) is 0 Å².